The Kier molecular flexibility index (Phi) is 5.00. The topological polar surface area (TPSA) is 76.5 Å². The fraction of sp³-hybridized carbons (Fsp3) is 0.316. The summed E-state index contributed by atoms with van der Waals surface area (Å²) in [6.07, 6.45) is 1.41. The van der Waals surface area contributed by atoms with Gasteiger partial charge in [-0.15, -0.1) is 0 Å². The lowest BCUT2D eigenvalue weighted by Crippen LogP contribution is -2.42. The maximum atomic E-state index is 13.3. The SMILES string of the molecule is CC(C)N(C(=O)c1ccccc1-c1cc(Br)n2ncnc(N)c12)C(C)C. The molecule has 2 N–H and O–H groups in total. The minimum Gasteiger partial charge on any atom is -0.382 e. The summed E-state index contributed by atoms with van der Waals surface area (Å²) in [5, 5.41) is 4.24. The van der Waals surface area contributed by atoms with Gasteiger partial charge in [-0.3, -0.25) is 4.79 Å². The number of amides is 1. The molecule has 0 aliphatic rings. The van der Waals surface area contributed by atoms with Gasteiger partial charge in [-0.2, -0.15) is 5.10 Å². The van der Waals surface area contributed by atoms with Gasteiger partial charge in [0.1, 0.15) is 16.4 Å². The number of benzene rings is 1. The molecule has 0 aliphatic carbocycles. The van der Waals surface area contributed by atoms with E-state index >= 15 is 0 Å². The summed E-state index contributed by atoms with van der Waals surface area (Å²) >= 11 is 3.51. The number of halogens is 1. The Morgan fingerprint density at radius 3 is 2.46 bits per heavy atom. The number of hydrogen-bond acceptors (Lipinski definition) is 4. The number of carbonyl (C=O) groups excluding carboxylic acids is 1. The van der Waals surface area contributed by atoms with Gasteiger partial charge in [0.05, 0.1) is 0 Å². The molecular formula is C19H22BrN5O. The molecule has 0 saturated carbocycles. The molecule has 1 aromatic carbocycles. The minimum absolute atomic E-state index is 0.00325. The summed E-state index contributed by atoms with van der Waals surface area (Å²) < 4.78 is 2.44. The number of carbonyl (C=O) groups is 1. The molecule has 0 radical (unpaired) electrons. The Morgan fingerprint density at radius 2 is 1.81 bits per heavy atom. The van der Waals surface area contributed by atoms with Crippen molar-refractivity contribution in [3.63, 3.8) is 0 Å². The molecule has 2 heterocycles. The van der Waals surface area contributed by atoms with Crippen molar-refractivity contribution in [3.8, 4) is 11.1 Å². The van der Waals surface area contributed by atoms with Crippen LogP contribution >= 0.6 is 15.9 Å². The van der Waals surface area contributed by atoms with E-state index in [2.05, 4.69) is 26.0 Å². The molecule has 7 heteroatoms. The summed E-state index contributed by atoms with van der Waals surface area (Å²) in [6.45, 7) is 8.10. The van der Waals surface area contributed by atoms with Gasteiger partial charge in [0, 0.05) is 23.2 Å². The van der Waals surface area contributed by atoms with Gasteiger partial charge in [-0.25, -0.2) is 9.50 Å². The van der Waals surface area contributed by atoms with Crippen molar-refractivity contribution in [3.05, 3.63) is 46.8 Å². The Balaban J connectivity index is 2.22. The Morgan fingerprint density at radius 1 is 1.15 bits per heavy atom. The smallest absolute Gasteiger partial charge is 0.254 e. The third-order valence-electron chi connectivity index (χ3n) is 4.33. The molecule has 0 spiro atoms. The molecule has 136 valence electrons. The van der Waals surface area contributed by atoms with Crippen LogP contribution in [0.3, 0.4) is 0 Å². The molecule has 1 amide bonds. The minimum atomic E-state index is -0.00325. The second kappa shape index (κ2) is 7.07. The van der Waals surface area contributed by atoms with Crippen LogP contribution in [0.1, 0.15) is 38.1 Å². The third-order valence-corrected chi connectivity index (χ3v) is 4.90. The standard InChI is InChI=1S/C19H22BrN5O/c1-11(2)24(12(3)4)19(26)14-8-6-5-7-13(14)15-9-16(20)25-17(15)18(21)22-10-23-25/h5-12H,1-4H3,(H2,21,22,23). The molecule has 2 aromatic heterocycles. The summed E-state index contributed by atoms with van der Waals surface area (Å²) in [7, 11) is 0. The normalized spacial score (nSPS) is 11.5. The number of hydrogen-bond donors (Lipinski definition) is 1. The molecular weight excluding hydrogens is 394 g/mol. The van der Waals surface area contributed by atoms with E-state index in [4.69, 9.17) is 5.73 Å². The predicted molar refractivity (Wildman–Crippen MR) is 107 cm³/mol. The van der Waals surface area contributed by atoms with Gasteiger partial charge >= 0.3 is 0 Å². The molecule has 0 fully saturated rings. The van der Waals surface area contributed by atoms with Crippen LogP contribution in [0.5, 0.6) is 0 Å². The van der Waals surface area contributed by atoms with Crippen LogP contribution < -0.4 is 5.73 Å². The van der Waals surface area contributed by atoms with Crippen LogP contribution in [0.15, 0.2) is 41.3 Å². The van der Waals surface area contributed by atoms with Gasteiger partial charge in [0.2, 0.25) is 0 Å². The highest BCUT2D eigenvalue weighted by molar-refractivity contribution is 9.10. The number of rotatable bonds is 4. The van der Waals surface area contributed by atoms with Crippen LogP contribution in [-0.2, 0) is 0 Å². The molecule has 3 rings (SSSR count). The first-order chi connectivity index (χ1) is 12.3. The molecule has 0 aliphatic heterocycles. The largest absolute Gasteiger partial charge is 0.382 e. The first-order valence-electron chi connectivity index (χ1n) is 8.52. The first kappa shape index (κ1) is 18.4. The van der Waals surface area contributed by atoms with Crippen molar-refractivity contribution in [2.45, 2.75) is 39.8 Å². The molecule has 3 aromatic rings. The van der Waals surface area contributed by atoms with E-state index in [1.165, 1.54) is 6.33 Å². The quantitative estimate of drug-likeness (QED) is 0.698. The van der Waals surface area contributed by atoms with Gasteiger partial charge in [-0.05, 0) is 61.3 Å². The summed E-state index contributed by atoms with van der Waals surface area (Å²) in [6, 6.07) is 9.69. The second-order valence-corrected chi connectivity index (χ2v) is 7.54. The van der Waals surface area contributed by atoms with E-state index in [0.717, 1.165) is 15.7 Å². The van der Waals surface area contributed by atoms with E-state index in [-0.39, 0.29) is 18.0 Å². The van der Waals surface area contributed by atoms with E-state index in [0.29, 0.717) is 16.9 Å². The lowest BCUT2D eigenvalue weighted by atomic mass is 9.98. The number of fused-ring (bicyclic) bond motifs is 1. The monoisotopic (exact) mass is 415 g/mol. The van der Waals surface area contributed by atoms with E-state index in [9.17, 15) is 4.79 Å². The van der Waals surface area contributed by atoms with Crippen molar-refractivity contribution >= 4 is 33.2 Å². The number of aromatic nitrogens is 3. The van der Waals surface area contributed by atoms with E-state index in [1.54, 1.807) is 4.52 Å². The van der Waals surface area contributed by atoms with Crippen molar-refractivity contribution in [1.82, 2.24) is 19.5 Å². The van der Waals surface area contributed by atoms with Crippen molar-refractivity contribution < 1.29 is 4.79 Å². The average Bonchev–Trinajstić information content (AvgIpc) is 2.92. The maximum Gasteiger partial charge on any atom is 0.254 e. The molecule has 0 bridgehead atoms. The van der Waals surface area contributed by atoms with Gasteiger partial charge in [0.25, 0.3) is 5.91 Å². The molecule has 6 nitrogen and oxygen atoms in total. The summed E-state index contributed by atoms with van der Waals surface area (Å²) in [4.78, 5) is 19.3. The zero-order valence-electron chi connectivity index (χ0n) is 15.3. The summed E-state index contributed by atoms with van der Waals surface area (Å²) in [5.41, 5.74) is 9.06. The molecule has 0 unspecified atom stereocenters. The highest BCUT2D eigenvalue weighted by atomic mass is 79.9. The predicted octanol–water partition coefficient (Wildman–Crippen LogP) is 4.00. The van der Waals surface area contributed by atoms with Crippen LogP contribution in [0.4, 0.5) is 5.82 Å². The number of nitrogens with two attached hydrogens (primary N) is 1. The van der Waals surface area contributed by atoms with Crippen LogP contribution in [0.25, 0.3) is 16.6 Å². The number of nitrogen functional groups attached to an aromatic ring is 1. The summed E-state index contributed by atoms with van der Waals surface area (Å²) in [5.74, 6) is 0.365. The fourth-order valence-corrected chi connectivity index (χ4v) is 3.84. The highest BCUT2D eigenvalue weighted by Crippen LogP contribution is 2.35. The maximum absolute atomic E-state index is 13.3. The fourth-order valence-electron chi connectivity index (χ4n) is 3.34. The lowest BCUT2D eigenvalue weighted by Gasteiger charge is -2.31. The second-order valence-electron chi connectivity index (χ2n) is 6.73. The Hall–Kier alpha value is -2.41. The zero-order chi connectivity index (χ0) is 19.0. The van der Waals surface area contributed by atoms with Crippen molar-refractivity contribution in [1.29, 1.82) is 0 Å². The molecule has 26 heavy (non-hydrogen) atoms. The van der Waals surface area contributed by atoms with E-state index < -0.39 is 0 Å². The average molecular weight is 416 g/mol. The molecule has 0 atom stereocenters. The number of anilines is 1. The zero-order valence-corrected chi connectivity index (χ0v) is 16.9. The highest BCUT2D eigenvalue weighted by Gasteiger charge is 2.25. The van der Waals surface area contributed by atoms with Crippen molar-refractivity contribution in [2.75, 3.05) is 5.73 Å². The van der Waals surface area contributed by atoms with Crippen LogP contribution in [0, 0.1) is 0 Å². The lowest BCUT2D eigenvalue weighted by molar-refractivity contribution is 0.0644. The Labute approximate surface area is 161 Å². The Bertz CT molecular complexity index is 956. The third kappa shape index (κ3) is 3.07. The van der Waals surface area contributed by atoms with Gasteiger partial charge in [0.15, 0.2) is 5.82 Å². The number of nitrogens with zero attached hydrogens (tertiary/aromatic N) is 4. The van der Waals surface area contributed by atoms with Crippen LogP contribution in [-0.4, -0.2) is 37.5 Å². The van der Waals surface area contributed by atoms with Gasteiger partial charge < -0.3 is 10.6 Å². The van der Waals surface area contributed by atoms with Crippen molar-refractivity contribution in [2.24, 2.45) is 0 Å². The molecule has 0 saturated heterocycles. The van der Waals surface area contributed by atoms with Crippen LogP contribution in [0.2, 0.25) is 0 Å². The first-order valence-corrected chi connectivity index (χ1v) is 9.32. The van der Waals surface area contributed by atoms with Gasteiger partial charge in [-0.1, -0.05) is 18.2 Å². The van der Waals surface area contributed by atoms with E-state index in [1.807, 2.05) is 62.9 Å².